The van der Waals surface area contributed by atoms with Crippen molar-refractivity contribution in [2.24, 2.45) is 11.8 Å². The van der Waals surface area contributed by atoms with E-state index in [-0.39, 0.29) is 0 Å². The summed E-state index contributed by atoms with van der Waals surface area (Å²) in [6.07, 6.45) is 8.55. The van der Waals surface area contributed by atoms with Crippen LogP contribution in [0.5, 0.6) is 0 Å². The van der Waals surface area contributed by atoms with Gasteiger partial charge in [0, 0.05) is 0 Å². The van der Waals surface area contributed by atoms with Gasteiger partial charge in [-0.2, -0.15) is 5.26 Å². The molecule has 0 aliphatic heterocycles. The number of hydrogen-bond donors (Lipinski definition) is 0. The third kappa shape index (κ3) is 3.26. The molecule has 1 saturated carbocycles. The number of hydrogen-bond acceptors (Lipinski definition) is 1. The topological polar surface area (TPSA) is 23.8 Å². The molecule has 0 aromatic heterocycles. The second kappa shape index (κ2) is 6.57. The van der Waals surface area contributed by atoms with Crippen LogP contribution in [0.25, 0.3) is 0 Å². The molecule has 0 radical (unpaired) electrons. The summed E-state index contributed by atoms with van der Waals surface area (Å²) >= 11 is 0. The molecular weight excluding hydrogens is 230 g/mol. The summed E-state index contributed by atoms with van der Waals surface area (Å²) in [7, 11) is 0. The molecule has 0 heterocycles. The van der Waals surface area contributed by atoms with E-state index in [1.54, 1.807) is 0 Å². The summed E-state index contributed by atoms with van der Waals surface area (Å²) in [5.41, 5.74) is 2.17. The molecule has 100 valence electrons. The van der Waals surface area contributed by atoms with E-state index in [9.17, 15) is 0 Å². The molecule has 19 heavy (non-hydrogen) atoms. The van der Waals surface area contributed by atoms with E-state index in [0.717, 1.165) is 11.5 Å². The predicted molar refractivity (Wildman–Crippen MR) is 79.8 cm³/mol. The number of allylic oxidation sites excluding steroid dienone is 1. The highest BCUT2D eigenvalue weighted by molar-refractivity contribution is 5.33. The Balaban J connectivity index is 1.95. The van der Waals surface area contributed by atoms with Crippen molar-refractivity contribution in [3.05, 3.63) is 48.0 Å². The summed E-state index contributed by atoms with van der Waals surface area (Å²) in [5.74, 6) is 2.21. The first-order chi connectivity index (χ1) is 9.28. The fourth-order valence-corrected chi connectivity index (χ4v) is 3.40. The summed E-state index contributed by atoms with van der Waals surface area (Å²) < 4.78 is 0. The van der Waals surface area contributed by atoms with Crippen molar-refractivity contribution < 1.29 is 0 Å². The first-order valence-electron chi connectivity index (χ1n) is 7.41. The SMILES string of the molecule is C=CC(CC)[C@H]1CC[C@H](c2ccc(C#N)cc2)CC1. The van der Waals surface area contributed by atoms with Crippen molar-refractivity contribution in [3.8, 4) is 6.07 Å². The molecule has 1 nitrogen and oxygen atoms in total. The molecule has 1 aromatic rings. The Hall–Kier alpha value is -1.55. The van der Waals surface area contributed by atoms with E-state index in [4.69, 9.17) is 5.26 Å². The molecule has 0 bridgehead atoms. The third-order valence-electron chi connectivity index (χ3n) is 4.66. The molecule has 1 fully saturated rings. The van der Waals surface area contributed by atoms with Gasteiger partial charge in [-0.15, -0.1) is 6.58 Å². The van der Waals surface area contributed by atoms with Gasteiger partial charge in [0.15, 0.2) is 0 Å². The van der Waals surface area contributed by atoms with Gasteiger partial charge >= 0.3 is 0 Å². The second-order valence-corrected chi connectivity index (χ2v) is 5.65. The lowest BCUT2D eigenvalue weighted by Gasteiger charge is -2.32. The minimum Gasteiger partial charge on any atom is -0.192 e. The van der Waals surface area contributed by atoms with Crippen LogP contribution >= 0.6 is 0 Å². The zero-order chi connectivity index (χ0) is 13.7. The van der Waals surface area contributed by atoms with E-state index in [0.29, 0.717) is 11.8 Å². The molecule has 1 aliphatic rings. The molecule has 0 amide bonds. The minimum atomic E-state index is 0.686. The van der Waals surface area contributed by atoms with Crippen LogP contribution in [0.1, 0.15) is 56.1 Å². The highest BCUT2D eigenvalue weighted by Gasteiger charge is 2.25. The lowest BCUT2D eigenvalue weighted by atomic mass is 9.73. The highest BCUT2D eigenvalue weighted by Crippen LogP contribution is 2.39. The summed E-state index contributed by atoms with van der Waals surface area (Å²) in [4.78, 5) is 0. The molecule has 0 N–H and O–H groups in total. The van der Waals surface area contributed by atoms with Crippen LogP contribution in [0.4, 0.5) is 0 Å². The lowest BCUT2D eigenvalue weighted by Crippen LogP contribution is -2.19. The number of nitrogens with zero attached hydrogens (tertiary/aromatic N) is 1. The Morgan fingerprint density at radius 2 is 1.89 bits per heavy atom. The normalized spacial score (nSPS) is 24.4. The first kappa shape index (κ1) is 13.9. The van der Waals surface area contributed by atoms with Gasteiger partial charge in [0.05, 0.1) is 11.6 Å². The maximum Gasteiger partial charge on any atom is 0.0991 e. The Bertz CT molecular complexity index is 444. The Morgan fingerprint density at radius 3 is 2.37 bits per heavy atom. The van der Waals surface area contributed by atoms with Crippen molar-refractivity contribution in [3.63, 3.8) is 0 Å². The quantitative estimate of drug-likeness (QED) is 0.689. The first-order valence-corrected chi connectivity index (χ1v) is 7.41. The average Bonchev–Trinajstić information content (AvgIpc) is 2.49. The molecule has 1 heteroatoms. The van der Waals surface area contributed by atoms with E-state index in [2.05, 4.69) is 37.8 Å². The fourth-order valence-electron chi connectivity index (χ4n) is 3.40. The summed E-state index contributed by atoms with van der Waals surface area (Å²) in [6.45, 7) is 6.24. The molecule has 0 saturated heterocycles. The van der Waals surface area contributed by atoms with Crippen molar-refractivity contribution in [2.75, 3.05) is 0 Å². The van der Waals surface area contributed by atoms with Crippen LogP contribution in [0.2, 0.25) is 0 Å². The van der Waals surface area contributed by atoms with Gasteiger partial charge < -0.3 is 0 Å². The molecule has 1 aromatic carbocycles. The Kier molecular flexibility index (Phi) is 4.80. The van der Waals surface area contributed by atoms with Crippen LogP contribution in [0, 0.1) is 23.2 Å². The maximum absolute atomic E-state index is 8.83. The summed E-state index contributed by atoms with van der Waals surface area (Å²) in [6, 6.07) is 10.3. The zero-order valence-corrected chi connectivity index (χ0v) is 11.8. The van der Waals surface area contributed by atoms with Crippen LogP contribution in [-0.4, -0.2) is 0 Å². The van der Waals surface area contributed by atoms with E-state index in [1.807, 2.05) is 12.1 Å². The maximum atomic E-state index is 8.83. The van der Waals surface area contributed by atoms with Gasteiger partial charge in [-0.3, -0.25) is 0 Å². The predicted octanol–water partition coefficient (Wildman–Crippen LogP) is 5.04. The largest absolute Gasteiger partial charge is 0.192 e. The van der Waals surface area contributed by atoms with Gasteiger partial charge in [-0.25, -0.2) is 0 Å². The van der Waals surface area contributed by atoms with Crippen LogP contribution in [0.15, 0.2) is 36.9 Å². The number of nitriles is 1. The van der Waals surface area contributed by atoms with Gasteiger partial charge in [0.1, 0.15) is 0 Å². The van der Waals surface area contributed by atoms with Crippen LogP contribution in [0.3, 0.4) is 0 Å². The van der Waals surface area contributed by atoms with Crippen molar-refractivity contribution in [1.29, 1.82) is 5.26 Å². The standard InChI is InChI=1S/C18H23N/c1-3-15(4-2)16-9-11-18(12-10-16)17-7-5-14(13-19)6-8-17/h3,5-8,15-16,18H,1,4,9-12H2,2H3/t15?,16-,18-. The Labute approximate surface area is 117 Å². The summed E-state index contributed by atoms with van der Waals surface area (Å²) in [5, 5.41) is 8.83. The lowest BCUT2D eigenvalue weighted by molar-refractivity contribution is 0.261. The molecule has 1 atom stereocenters. The molecular formula is C18H23N. The van der Waals surface area contributed by atoms with Gasteiger partial charge in [-0.1, -0.05) is 25.1 Å². The smallest absolute Gasteiger partial charge is 0.0991 e. The van der Waals surface area contributed by atoms with Gasteiger partial charge in [0.2, 0.25) is 0 Å². The van der Waals surface area contributed by atoms with E-state index < -0.39 is 0 Å². The van der Waals surface area contributed by atoms with Crippen molar-refractivity contribution in [2.45, 2.75) is 44.9 Å². The zero-order valence-electron chi connectivity index (χ0n) is 11.8. The second-order valence-electron chi connectivity index (χ2n) is 5.65. The minimum absolute atomic E-state index is 0.686. The van der Waals surface area contributed by atoms with Crippen molar-refractivity contribution >= 4 is 0 Å². The molecule has 1 unspecified atom stereocenters. The van der Waals surface area contributed by atoms with E-state index >= 15 is 0 Å². The van der Waals surface area contributed by atoms with Gasteiger partial charge in [-0.05, 0) is 67.6 Å². The number of rotatable bonds is 4. The molecule has 2 rings (SSSR count). The van der Waals surface area contributed by atoms with Crippen molar-refractivity contribution in [1.82, 2.24) is 0 Å². The highest BCUT2D eigenvalue weighted by atomic mass is 14.3. The van der Waals surface area contributed by atoms with Crippen LogP contribution in [-0.2, 0) is 0 Å². The fraction of sp³-hybridized carbons (Fsp3) is 0.500. The third-order valence-corrected chi connectivity index (χ3v) is 4.66. The Morgan fingerprint density at radius 1 is 1.26 bits per heavy atom. The average molecular weight is 253 g/mol. The van der Waals surface area contributed by atoms with Crippen LogP contribution < -0.4 is 0 Å². The molecule has 1 aliphatic carbocycles. The van der Waals surface area contributed by atoms with Gasteiger partial charge in [0.25, 0.3) is 0 Å². The monoisotopic (exact) mass is 253 g/mol. The van der Waals surface area contributed by atoms with E-state index in [1.165, 1.54) is 37.7 Å². The molecule has 0 spiro atoms. The number of benzene rings is 1.